The molecule has 0 aliphatic rings. The minimum Gasteiger partial charge on any atom is -0.309 e. The van der Waals surface area contributed by atoms with Crippen molar-refractivity contribution in [2.24, 2.45) is 0 Å². The van der Waals surface area contributed by atoms with Crippen LogP contribution in [0.1, 0.15) is 0 Å². The molecular formula is C60H38N8. The van der Waals surface area contributed by atoms with Crippen molar-refractivity contribution in [2.45, 2.75) is 0 Å². The molecule has 0 saturated carbocycles. The van der Waals surface area contributed by atoms with Crippen LogP contribution in [0.5, 0.6) is 0 Å². The van der Waals surface area contributed by atoms with Crippen LogP contribution >= 0.6 is 0 Å². The van der Waals surface area contributed by atoms with E-state index in [1.807, 2.05) is 103 Å². The van der Waals surface area contributed by atoms with Crippen molar-refractivity contribution in [2.75, 3.05) is 0 Å². The SMILES string of the molecule is c1ccc(-c2nc(-c3cccc(-n4c5ccccc5c5cc6c7ccccc7n(-c7nc(-c8ccccc8)nc(-c8ccccc8)n7)c6cc54)c3)nc(-c3ccccc3-c3ccccc3)n2)cc1. The minimum atomic E-state index is 0.543. The molecule has 0 N–H and O–H groups in total. The zero-order valence-electron chi connectivity index (χ0n) is 36.5. The summed E-state index contributed by atoms with van der Waals surface area (Å²) in [5, 5.41) is 4.50. The van der Waals surface area contributed by atoms with E-state index in [0.29, 0.717) is 35.1 Å². The molecule has 8 heteroatoms. The summed E-state index contributed by atoms with van der Waals surface area (Å²) >= 11 is 0. The smallest absolute Gasteiger partial charge is 0.238 e. The van der Waals surface area contributed by atoms with E-state index in [-0.39, 0.29) is 0 Å². The topological polar surface area (TPSA) is 87.2 Å². The van der Waals surface area contributed by atoms with Gasteiger partial charge in [-0.1, -0.05) is 194 Å². The Bertz CT molecular complexity index is 3960. The lowest BCUT2D eigenvalue weighted by Crippen LogP contribution is -2.06. The van der Waals surface area contributed by atoms with Gasteiger partial charge in [0, 0.05) is 55.0 Å². The van der Waals surface area contributed by atoms with Gasteiger partial charge in [0.05, 0.1) is 22.1 Å². The summed E-state index contributed by atoms with van der Waals surface area (Å²) in [6.45, 7) is 0. The second kappa shape index (κ2) is 16.2. The lowest BCUT2D eigenvalue weighted by atomic mass is 9.99. The summed E-state index contributed by atoms with van der Waals surface area (Å²) in [7, 11) is 0. The maximum absolute atomic E-state index is 5.25. The molecule has 13 aromatic rings. The predicted molar refractivity (Wildman–Crippen MR) is 275 cm³/mol. The van der Waals surface area contributed by atoms with Gasteiger partial charge in [0.1, 0.15) is 0 Å². The van der Waals surface area contributed by atoms with Crippen LogP contribution in [0, 0.1) is 0 Å². The molecule has 0 spiro atoms. The summed E-state index contributed by atoms with van der Waals surface area (Å²) in [6, 6.07) is 79.3. The van der Waals surface area contributed by atoms with E-state index in [1.165, 1.54) is 0 Å². The van der Waals surface area contributed by atoms with Gasteiger partial charge in [0.25, 0.3) is 0 Å². The molecule has 0 atom stereocenters. The molecule has 68 heavy (non-hydrogen) atoms. The number of hydrogen-bond donors (Lipinski definition) is 0. The number of para-hydroxylation sites is 2. The first-order valence-corrected chi connectivity index (χ1v) is 22.6. The van der Waals surface area contributed by atoms with E-state index in [1.54, 1.807) is 0 Å². The van der Waals surface area contributed by atoms with Crippen molar-refractivity contribution in [1.29, 1.82) is 0 Å². The third-order valence-corrected chi connectivity index (χ3v) is 12.6. The number of nitrogens with zero attached hydrogens (tertiary/aromatic N) is 8. The molecular weight excluding hydrogens is 833 g/mol. The predicted octanol–water partition coefficient (Wildman–Crippen LogP) is 14.3. The Morgan fingerprint density at radius 1 is 0.235 bits per heavy atom. The highest BCUT2D eigenvalue weighted by Gasteiger charge is 2.22. The molecule has 0 saturated heterocycles. The summed E-state index contributed by atoms with van der Waals surface area (Å²) in [5.74, 6) is 3.55. The minimum absolute atomic E-state index is 0.543. The second-order valence-electron chi connectivity index (χ2n) is 16.7. The number of hydrogen-bond acceptors (Lipinski definition) is 6. The standard InChI is InChI=1S/C60H38N8/c1-5-20-39(21-6-1)45-30-13-14-33-48(45)59-63-55(40-22-7-2-8-23-40)61-58(64-59)43-28-19-29-44(36-43)67-51-34-17-15-31-46(51)49-37-50-47-32-16-18-35-52(47)68(54(50)38-53(49)67)60-65-56(41-24-9-3-10-25-41)62-57(66-60)42-26-11-4-12-27-42/h1-38H. The van der Waals surface area contributed by atoms with Crippen molar-refractivity contribution in [3.8, 4) is 79.7 Å². The van der Waals surface area contributed by atoms with Crippen molar-refractivity contribution < 1.29 is 0 Å². The fourth-order valence-electron chi connectivity index (χ4n) is 9.50. The number of fused-ring (bicyclic) bond motifs is 6. The Morgan fingerprint density at radius 2 is 0.647 bits per heavy atom. The van der Waals surface area contributed by atoms with E-state index in [0.717, 1.165) is 88.2 Å². The first-order valence-electron chi connectivity index (χ1n) is 22.6. The molecule has 0 bridgehead atoms. The molecule has 0 aliphatic heterocycles. The van der Waals surface area contributed by atoms with Crippen molar-refractivity contribution in [1.82, 2.24) is 39.0 Å². The molecule has 0 amide bonds. The highest BCUT2D eigenvalue weighted by Crippen LogP contribution is 2.40. The maximum atomic E-state index is 5.25. The highest BCUT2D eigenvalue weighted by molar-refractivity contribution is 6.19. The summed E-state index contributed by atoms with van der Waals surface area (Å²) in [5.41, 5.74) is 11.8. The monoisotopic (exact) mass is 870 g/mol. The maximum Gasteiger partial charge on any atom is 0.238 e. The van der Waals surface area contributed by atoms with Gasteiger partial charge in [-0.15, -0.1) is 0 Å². The number of aromatic nitrogens is 8. The summed E-state index contributed by atoms with van der Waals surface area (Å²) < 4.78 is 4.53. The van der Waals surface area contributed by atoms with Crippen molar-refractivity contribution in [3.05, 3.63) is 231 Å². The zero-order chi connectivity index (χ0) is 45.0. The Balaban J connectivity index is 1.03. The molecule has 8 nitrogen and oxygen atoms in total. The fraction of sp³-hybridized carbons (Fsp3) is 0. The van der Waals surface area contributed by atoms with E-state index < -0.39 is 0 Å². The van der Waals surface area contributed by atoms with Crippen molar-refractivity contribution >= 4 is 43.6 Å². The highest BCUT2D eigenvalue weighted by atomic mass is 15.2. The molecule has 0 radical (unpaired) electrons. The van der Waals surface area contributed by atoms with Crippen molar-refractivity contribution in [3.63, 3.8) is 0 Å². The van der Waals surface area contributed by atoms with Crippen LogP contribution in [0.3, 0.4) is 0 Å². The molecule has 0 unspecified atom stereocenters. The van der Waals surface area contributed by atoms with Gasteiger partial charge in [-0.25, -0.2) is 19.9 Å². The lowest BCUT2D eigenvalue weighted by Gasteiger charge is -2.13. The second-order valence-corrected chi connectivity index (χ2v) is 16.7. The Morgan fingerprint density at radius 3 is 1.22 bits per heavy atom. The molecule has 9 aromatic carbocycles. The van der Waals surface area contributed by atoms with E-state index in [2.05, 4.69) is 137 Å². The Kier molecular flexibility index (Phi) is 9.31. The zero-order valence-corrected chi connectivity index (χ0v) is 36.5. The van der Waals surface area contributed by atoms with Gasteiger partial charge < -0.3 is 4.57 Å². The van der Waals surface area contributed by atoms with Crippen LogP contribution in [-0.2, 0) is 0 Å². The third-order valence-electron chi connectivity index (χ3n) is 12.6. The molecule has 13 rings (SSSR count). The summed E-state index contributed by atoms with van der Waals surface area (Å²) in [4.78, 5) is 31.0. The Hall–Kier alpha value is -9.40. The first kappa shape index (κ1) is 39.0. The van der Waals surface area contributed by atoms with Gasteiger partial charge >= 0.3 is 0 Å². The van der Waals surface area contributed by atoms with Gasteiger partial charge in [-0.2, -0.15) is 9.97 Å². The average molecular weight is 871 g/mol. The molecule has 4 aromatic heterocycles. The van der Waals surface area contributed by atoms with Crippen LogP contribution in [-0.4, -0.2) is 39.0 Å². The van der Waals surface area contributed by atoms with Gasteiger partial charge in [-0.3, -0.25) is 4.57 Å². The number of benzene rings is 9. The molecule has 318 valence electrons. The van der Waals surface area contributed by atoms with Crippen LogP contribution in [0.4, 0.5) is 0 Å². The first-order chi connectivity index (χ1) is 33.7. The normalized spacial score (nSPS) is 11.5. The molecule has 0 aliphatic carbocycles. The largest absolute Gasteiger partial charge is 0.309 e. The lowest BCUT2D eigenvalue weighted by molar-refractivity contribution is 0.953. The van der Waals surface area contributed by atoms with Crippen LogP contribution < -0.4 is 0 Å². The fourth-order valence-corrected chi connectivity index (χ4v) is 9.50. The van der Waals surface area contributed by atoms with Crippen LogP contribution in [0.2, 0.25) is 0 Å². The van der Waals surface area contributed by atoms with Gasteiger partial charge in [0.2, 0.25) is 5.95 Å². The average Bonchev–Trinajstić information content (AvgIpc) is 3.93. The van der Waals surface area contributed by atoms with Crippen LogP contribution in [0.15, 0.2) is 231 Å². The summed E-state index contributed by atoms with van der Waals surface area (Å²) in [6.07, 6.45) is 0. The van der Waals surface area contributed by atoms with E-state index >= 15 is 0 Å². The number of rotatable bonds is 8. The van der Waals surface area contributed by atoms with E-state index in [4.69, 9.17) is 29.9 Å². The van der Waals surface area contributed by atoms with E-state index in [9.17, 15) is 0 Å². The third kappa shape index (κ3) is 6.70. The molecule has 0 fully saturated rings. The van der Waals surface area contributed by atoms with Gasteiger partial charge in [-0.05, 0) is 47.5 Å². The van der Waals surface area contributed by atoms with Crippen LogP contribution in [0.25, 0.3) is 123 Å². The molecule has 4 heterocycles. The quantitative estimate of drug-likeness (QED) is 0.151. The Labute approximate surface area is 391 Å². The van der Waals surface area contributed by atoms with Gasteiger partial charge in [0.15, 0.2) is 29.1 Å².